The summed E-state index contributed by atoms with van der Waals surface area (Å²) in [4.78, 5) is 20.0. The quantitative estimate of drug-likeness (QED) is 0.146. The fraction of sp³-hybridized carbons (Fsp3) is 0.452. The molecule has 2 aliphatic carbocycles. The van der Waals surface area contributed by atoms with Gasteiger partial charge in [-0.1, -0.05) is 202 Å². The molecule has 6 aromatic carbocycles. The molecular formula is C84H121N5S5. The van der Waals surface area contributed by atoms with Crippen LogP contribution in [0.1, 0.15) is 211 Å². The van der Waals surface area contributed by atoms with Crippen LogP contribution in [-0.2, 0) is 0 Å². The van der Waals surface area contributed by atoms with Crippen LogP contribution in [0.3, 0.4) is 0 Å². The summed E-state index contributed by atoms with van der Waals surface area (Å²) in [7, 11) is 0. The summed E-state index contributed by atoms with van der Waals surface area (Å²) in [6.07, 6.45) is 12.7. The lowest BCUT2D eigenvalue weighted by molar-refractivity contribution is 0.413. The van der Waals surface area contributed by atoms with Gasteiger partial charge in [0, 0.05) is 81.4 Å². The summed E-state index contributed by atoms with van der Waals surface area (Å²) in [6.45, 7) is 38.1. The monoisotopic (exact) mass is 1360 g/mol. The van der Waals surface area contributed by atoms with Gasteiger partial charge in [0.25, 0.3) is 0 Å². The molecule has 2 saturated carbocycles. The normalized spacial score (nSPS) is 21.0. The third-order valence-electron chi connectivity index (χ3n) is 18.9. The first-order valence-electron chi connectivity index (χ1n) is 32.9. The van der Waals surface area contributed by atoms with Crippen molar-refractivity contribution >= 4 is 92.2 Å². The van der Waals surface area contributed by atoms with Crippen LogP contribution in [0.5, 0.6) is 0 Å². The molecule has 0 radical (unpaired) electrons. The van der Waals surface area contributed by atoms with Crippen LogP contribution in [0, 0.1) is 46.5 Å². The Hall–Kier alpha value is -5.23. The van der Waals surface area contributed by atoms with Gasteiger partial charge in [-0.05, 0) is 219 Å². The number of benzene rings is 6. The van der Waals surface area contributed by atoms with E-state index < -0.39 is 0 Å². The van der Waals surface area contributed by atoms with Crippen molar-refractivity contribution in [3.8, 4) is 0 Å². The van der Waals surface area contributed by atoms with E-state index in [1.165, 1.54) is 163 Å². The summed E-state index contributed by atoms with van der Waals surface area (Å²) >= 11 is 10.0. The number of aryl methyl sites for hydroxylation is 5. The molecular weight excluding hydrogens is 1240 g/mol. The zero-order chi connectivity index (χ0) is 63.6. The highest BCUT2D eigenvalue weighted by molar-refractivity contribution is 8.09. The Morgan fingerprint density at radius 2 is 0.511 bits per heavy atom. The molecule has 7 aliphatic rings. The third kappa shape index (κ3) is 18.7. The van der Waals surface area contributed by atoms with Crippen LogP contribution in [0.25, 0.3) is 4.91 Å². The van der Waals surface area contributed by atoms with Crippen molar-refractivity contribution in [2.75, 3.05) is 24.5 Å². The average molecular weight is 1360 g/mol. The largest absolute Gasteiger partial charge is 0.332 e. The highest BCUT2D eigenvalue weighted by Crippen LogP contribution is 2.51. The lowest BCUT2D eigenvalue weighted by Gasteiger charge is -2.27. The first kappa shape index (κ1) is 81.2. The molecule has 0 N–H and O–H groups in total. The van der Waals surface area contributed by atoms with Gasteiger partial charge >= 0.3 is 0 Å². The molecule has 13 rings (SSSR count). The van der Waals surface area contributed by atoms with E-state index in [2.05, 4.69) is 317 Å². The fourth-order valence-electron chi connectivity index (χ4n) is 14.0. The maximum atomic E-state index is 2.55. The second kappa shape index (κ2) is 37.5. The first-order valence-corrected chi connectivity index (χ1v) is 37.3. The Morgan fingerprint density at radius 3 is 0.798 bits per heavy atom. The van der Waals surface area contributed by atoms with Gasteiger partial charge in [0.2, 0.25) is 0 Å². The van der Waals surface area contributed by atoms with Crippen LogP contribution in [0.15, 0.2) is 200 Å². The predicted molar refractivity (Wildman–Crippen MR) is 437 cm³/mol. The van der Waals surface area contributed by atoms with Gasteiger partial charge in [0.15, 0.2) is 0 Å². The molecule has 0 saturated heterocycles. The van der Waals surface area contributed by atoms with Gasteiger partial charge in [-0.25, -0.2) is 0 Å². The molecule has 0 bridgehead atoms. The number of anilines is 5. The van der Waals surface area contributed by atoms with Crippen molar-refractivity contribution < 1.29 is 0 Å². The summed E-state index contributed by atoms with van der Waals surface area (Å²) in [5.41, 5.74) is 22.0. The summed E-state index contributed by atoms with van der Waals surface area (Å²) in [6, 6.07) is 54.0. The van der Waals surface area contributed by atoms with Crippen molar-refractivity contribution in [1.29, 1.82) is 0 Å². The van der Waals surface area contributed by atoms with Crippen molar-refractivity contribution in [3.05, 3.63) is 233 Å². The van der Waals surface area contributed by atoms with Crippen molar-refractivity contribution in [3.63, 3.8) is 0 Å². The molecule has 2 fully saturated rings. The van der Waals surface area contributed by atoms with E-state index in [1.807, 2.05) is 35.3 Å². The van der Waals surface area contributed by atoms with E-state index >= 15 is 0 Å². The lowest BCUT2D eigenvalue weighted by atomic mass is 9.88. The maximum Gasteiger partial charge on any atom is 0.0815 e. The average Bonchev–Trinajstić information content (AvgIpc) is 1.67. The Kier molecular flexibility index (Phi) is 32.4. The zero-order valence-electron chi connectivity index (χ0n) is 56.6. The van der Waals surface area contributed by atoms with Crippen LogP contribution in [0.2, 0.25) is 0 Å². The molecule has 94 heavy (non-hydrogen) atoms. The summed E-state index contributed by atoms with van der Waals surface area (Å²) in [5, 5.41) is 2.55. The Balaban J connectivity index is 0.000000248. The van der Waals surface area contributed by atoms with Crippen LogP contribution in [0.4, 0.5) is 28.4 Å². The molecule has 5 heterocycles. The number of nitrogens with zero attached hydrogens (tertiary/aromatic N) is 5. The fourth-order valence-corrected chi connectivity index (χ4v) is 20.5. The van der Waals surface area contributed by atoms with E-state index in [0.717, 1.165) is 11.8 Å². The van der Waals surface area contributed by atoms with Crippen molar-refractivity contribution in [2.24, 2.45) is 11.8 Å². The molecule has 0 spiro atoms. The van der Waals surface area contributed by atoms with Crippen molar-refractivity contribution in [2.45, 2.75) is 239 Å². The zero-order valence-corrected chi connectivity index (χ0v) is 60.7. The molecule has 0 amide bonds. The number of allylic oxidation sites excluding steroid dienone is 9. The molecule has 6 aromatic rings. The molecule has 10 heteroatoms. The third-order valence-corrected chi connectivity index (χ3v) is 25.5. The molecule has 512 valence electrons. The lowest BCUT2D eigenvalue weighted by Crippen LogP contribution is -2.25. The maximum absolute atomic E-state index is 2.55. The van der Waals surface area contributed by atoms with Crippen molar-refractivity contribution in [1.82, 2.24) is 0 Å². The highest BCUT2D eigenvalue weighted by atomic mass is 32.2. The SMILES string of the molecule is C.C.C.C.C.CC1=C(C)N(c2ccccc2C)C(C)S1.CC1=C(C)N(c2ccccc2C)C(C)S1.CC1=C(C2CCCC2)SC(C)N1c1ccccc1C.CC1=C(C2CCCCC2)SC(C)N1c1ccccc1C.CC1=C(c2ccccc2)SC(C)N1c1ccccc1C. The topological polar surface area (TPSA) is 16.2 Å². The Morgan fingerprint density at radius 1 is 0.266 bits per heavy atom. The molecule has 5 aliphatic heterocycles. The van der Waals surface area contributed by atoms with Crippen LogP contribution in [-0.4, -0.2) is 26.9 Å². The minimum Gasteiger partial charge on any atom is -0.332 e. The smallest absolute Gasteiger partial charge is 0.0815 e. The van der Waals surface area contributed by atoms with Gasteiger partial charge in [0.1, 0.15) is 0 Å². The van der Waals surface area contributed by atoms with E-state index in [-0.39, 0.29) is 37.1 Å². The van der Waals surface area contributed by atoms with Gasteiger partial charge in [-0.3, -0.25) is 0 Å². The Labute approximate surface area is 596 Å². The number of para-hydroxylation sites is 5. The number of rotatable bonds is 8. The predicted octanol–water partition coefficient (Wildman–Crippen LogP) is 27.8. The number of thioether (sulfide) groups is 5. The van der Waals surface area contributed by atoms with E-state index in [9.17, 15) is 0 Å². The molecule has 5 nitrogen and oxygen atoms in total. The second-order valence-corrected chi connectivity index (χ2v) is 32.2. The van der Waals surface area contributed by atoms with Crippen LogP contribution < -0.4 is 24.5 Å². The summed E-state index contributed by atoms with van der Waals surface area (Å²) in [5.74, 6) is 1.66. The Bertz CT molecular complexity index is 3470. The highest BCUT2D eigenvalue weighted by Gasteiger charge is 2.36. The van der Waals surface area contributed by atoms with Gasteiger partial charge < -0.3 is 24.5 Å². The number of hydrogen-bond acceptors (Lipinski definition) is 10. The van der Waals surface area contributed by atoms with Gasteiger partial charge in [-0.2, -0.15) is 0 Å². The van der Waals surface area contributed by atoms with Gasteiger partial charge in [-0.15, -0.1) is 47.0 Å². The molecule has 5 unspecified atom stereocenters. The van der Waals surface area contributed by atoms with E-state index in [1.54, 1.807) is 9.81 Å². The minimum absolute atomic E-state index is 0. The number of hydrogen-bond donors (Lipinski definition) is 0. The molecule has 5 atom stereocenters. The minimum atomic E-state index is 0. The van der Waals surface area contributed by atoms with Crippen LogP contribution >= 0.6 is 58.8 Å². The van der Waals surface area contributed by atoms with E-state index in [4.69, 9.17) is 0 Å². The summed E-state index contributed by atoms with van der Waals surface area (Å²) < 4.78 is 0. The first-order chi connectivity index (χ1) is 42.8. The van der Waals surface area contributed by atoms with Gasteiger partial charge in [0.05, 0.1) is 26.9 Å². The standard InChI is InChI=1S/C18H25NS.C18H19NS.C17H23NS.2C13H17NS.5CH4/c2*1-13-9-7-8-12-17(13)19-14(2)18(20-15(19)3)16-10-5-4-6-11-16;1-12-8-4-7-11-16(12)18-13(2)17(19-14(18)3)15-9-5-6-10-15;2*1-9-7-5-6-8-13(9)14-10(2)11(3)15-12(14)4;;;;;/h7-9,12,15-16H,4-6,10-11H2,1-3H3;4-12,15H,1-3H3;4,7-8,11,14-15H,5-6,9-10H2,1-3H3;2*5-8,12H,1-4H3;5*1H4. The van der Waals surface area contributed by atoms with E-state index in [0.29, 0.717) is 26.9 Å². The molecule has 0 aromatic heterocycles. The second-order valence-electron chi connectivity index (χ2n) is 25.1.